The van der Waals surface area contributed by atoms with Gasteiger partial charge in [0.05, 0.1) is 12.8 Å². The second-order valence-corrected chi connectivity index (χ2v) is 4.53. The van der Waals surface area contributed by atoms with E-state index in [9.17, 15) is 5.11 Å². The van der Waals surface area contributed by atoms with Crippen LogP contribution in [0, 0.1) is 0 Å². The number of rotatable bonds is 2. The zero-order valence-corrected chi connectivity index (χ0v) is 12.0. The topological polar surface area (TPSA) is 41.8 Å². The quantitative estimate of drug-likeness (QED) is 0.922. The number of aliphatic imine (C=N–C) groups is 1. The third-order valence-electron chi connectivity index (χ3n) is 3.36. The molecule has 0 atom stereocenters. The van der Waals surface area contributed by atoms with E-state index < -0.39 is 0 Å². The first-order valence-electron chi connectivity index (χ1n) is 6.29. The van der Waals surface area contributed by atoms with Gasteiger partial charge in [0.25, 0.3) is 0 Å². The van der Waals surface area contributed by atoms with E-state index in [0.29, 0.717) is 5.75 Å². The molecule has 1 aliphatic heterocycles. The number of hydrogen-bond acceptors (Lipinski definition) is 3. The van der Waals surface area contributed by atoms with Gasteiger partial charge in [-0.25, -0.2) is 0 Å². The Morgan fingerprint density at radius 3 is 2.60 bits per heavy atom. The Balaban J connectivity index is 0.00000147. The van der Waals surface area contributed by atoms with Crippen LogP contribution in [0.4, 0.5) is 0 Å². The van der Waals surface area contributed by atoms with Crippen LogP contribution in [0.3, 0.4) is 0 Å². The fourth-order valence-corrected chi connectivity index (χ4v) is 2.42. The number of ether oxygens (including phenoxy) is 1. The summed E-state index contributed by atoms with van der Waals surface area (Å²) < 4.78 is 5.16. The minimum atomic E-state index is 0. The number of aromatic hydroxyl groups is 1. The van der Waals surface area contributed by atoms with E-state index >= 15 is 0 Å². The van der Waals surface area contributed by atoms with E-state index in [-0.39, 0.29) is 18.2 Å². The fourth-order valence-electron chi connectivity index (χ4n) is 2.42. The van der Waals surface area contributed by atoms with E-state index in [2.05, 4.69) is 4.99 Å². The van der Waals surface area contributed by atoms with E-state index in [1.165, 1.54) is 5.56 Å². The van der Waals surface area contributed by atoms with E-state index in [1.807, 2.05) is 36.4 Å². The largest absolute Gasteiger partial charge is 0.504 e. The summed E-state index contributed by atoms with van der Waals surface area (Å²) in [5.41, 5.74) is 4.19. The molecule has 3 nitrogen and oxygen atoms in total. The molecular formula is C16H16ClNO2. The van der Waals surface area contributed by atoms with Crippen LogP contribution in [-0.4, -0.2) is 24.5 Å². The van der Waals surface area contributed by atoms with Gasteiger partial charge in [-0.3, -0.25) is 4.99 Å². The zero-order chi connectivity index (χ0) is 13.2. The highest BCUT2D eigenvalue weighted by molar-refractivity contribution is 6.14. The monoisotopic (exact) mass is 289 g/mol. The van der Waals surface area contributed by atoms with Crippen LogP contribution < -0.4 is 4.74 Å². The Kier molecular flexibility index (Phi) is 4.30. The maximum atomic E-state index is 9.95. The Morgan fingerprint density at radius 1 is 1.15 bits per heavy atom. The Morgan fingerprint density at radius 2 is 1.90 bits per heavy atom. The van der Waals surface area contributed by atoms with Crippen molar-refractivity contribution in [1.82, 2.24) is 0 Å². The molecule has 0 bridgehead atoms. The Labute approximate surface area is 124 Å². The fraction of sp³-hybridized carbons (Fsp3) is 0.188. The maximum absolute atomic E-state index is 9.95. The number of methoxy groups -OCH3 is 1. The molecule has 0 saturated heterocycles. The van der Waals surface area contributed by atoms with Gasteiger partial charge in [-0.2, -0.15) is 0 Å². The standard InChI is InChI=1S/C16H15NO2.ClH/c1-19-15-9-12-7-8-17-16(13(12)10-14(15)18)11-5-3-2-4-6-11;/h2-6,9-10,18H,7-8H2,1H3;1H. The summed E-state index contributed by atoms with van der Waals surface area (Å²) >= 11 is 0. The first-order valence-corrected chi connectivity index (χ1v) is 6.29. The smallest absolute Gasteiger partial charge is 0.160 e. The lowest BCUT2D eigenvalue weighted by atomic mass is 9.93. The maximum Gasteiger partial charge on any atom is 0.160 e. The molecule has 0 aliphatic carbocycles. The summed E-state index contributed by atoms with van der Waals surface area (Å²) in [5.74, 6) is 0.680. The molecule has 1 aliphatic rings. The lowest BCUT2D eigenvalue weighted by Gasteiger charge is -2.18. The molecule has 2 aromatic carbocycles. The summed E-state index contributed by atoms with van der Waals surface area (Å²) in [4.78, 5) is 4.60. The molecule has 0 saturated carbocycles. The van der Waals surface area contributed by atoms with Crippen molar-refractivity contribution in [2.45, 2.75) is 6.42 Å². The van der Waals surface area contributed by atoms with Crippen molar-refractivity contribution in [2.24, 2.45) is 4.99 Å². The van der Waals surface area contributed by atoms with Crippen molar-refractivity contribution in [3.05, 3.63) is 59.2 Å². The molecule has 1 N–H and O–H groups in total. The van der Waals surface area contributed by atoms with Crippen molar-refractivity contribution in [3.8, 4) is 11.5 Å². The molecule has 2 aromatic rings. The van der Waals surface area contributed by atoms with Crippen LogP contribution in [-0.2, 0) is 6.42 Å². The molecule has 0 unspecified atom stereocenters. The van der Waals surface area contributed by atoms with Gasteiger partial charge in [-0.1, -0.05) is 30.3 Å². The van der Waals surface area contributed by atoms with Crippen LogP contribution in [0.1, 0.15) is 16.7 Å². The van der Waals surface area contributed by atoms with Crippen molar-refractivity contribution in [2.75, 3.05) is 13.7 Å². The van der Waals surface area contributed by atoms with Crippen LogP contribution >= 0.6 is 12.4 Å². The Bertz CT molecular complexity index is 638. The number of fused-ring (bicyclic) bond motifs is 1. The molecule has 1 heterocycles. The third kappa shape index (κ3) is 2.49. The predicted octanol–water partition coefficient (Wildman–Crippen LogP) is 3.22. The van der Waals surface area contributed by atoms with Crippen LogP contribution in [0.15, 0.2) is 47.5 Å². The molecular weight excluding hydrogens is 274 g/mol. The van der Waals surface area contributed by atoms with E-state index in [4.69, 9.17) is 4.74 Å². The summed E-state index contributed by atoms with van der Waals surface area (Å²) in [5, 5.41) is 9.95. The lowest BCUT2D eigenvalue weighted by Crippen LogP contribution is -2.14. The minimum absolute atomic E-state index is 0. The molecule has 0 aromatic heterocycles. The number of phenols is 1. The summed E-state index contributed by atoms with van der Waals surface area (Å²) in [6.07, 6.45) is 0.877. The van der Waals surface area contributed by atoms with Crippen LogP contribution in [0.25, 0.3) is 0 Å². The van der Waals surface area contributed by atoms with Gasteiger partial charge in [0, 0.05) is 17.7 Å². The van der Waals surface area contributed by atoms with E-state index in [1.54, 1.807) is 13.2 Å². The molecule has 0 amide bonds. The lowest BCUT2D eigenvalue weighted by molar-refractivity contribution is 0.373. The number of nitrogens with zero attached hydrogens (tertiary/aromatic N) is 1. The van der Waals surface area contributed by atoms with Gasteiger partial charge in [0.1, 0.15) is 0 Å². The van der Waals surface area contributed by atoms with Gasteiger partial charge in [-0.15, -0.1) is 12.4 Å². The van der Waals surface area contributed by atoms with Crippen LogP contribution in [0.5, 0.6) is 11.5 Å². The molecule has 0 fully saturated rings. The van der Waals surface area contributed by atoms with Gasteiger partial charge >= 0.3 is 0 Å². The normalized spacial score (nSPS) is 12.9. The van der Waals surface area contributed by atoms with Crippen molar-refractivity contribution >= 4 is 18.1 Å². The highest BCUT2D eigenvalue weighted by atomic mass is 35.5. The van der Waals surface area contributed by atoms with Crippen molar-refractivity contribution in [3.63, 3.8) is 0 Å². The van der Waals surface area contributed by atoms with Gasteiger partial charge < -0.3 is 9.84 Å². The summed E-state index contributed by atoms with van der Waals surface area (Å²) in [6.45, 7) is 0.769. The molecule has 0 spiro atoms. The Hall–Kier alpha value is -2.00. The molecule has 0 radical (unpaired) electrons. The minimum Gasteiger partial charge on any atom is -0.504 e. The van der Waals surface area contributed by atoms with Gasteiger partial charge in [0.2, 0.25) is 0 Å². The highest BCUT2D eigenvalue weighted by Crippen LogP contribution is 2.32. The molecule has 20 heavy (non-hydrogen) atoms. The predicted molar refractivity (Wildman–Crippen MR) is 82.6 cm³/mol. The second-order valence-electron chi connectivity index (χ2n) is 4.53. The summed E-state index contributed by atoms with van der Waals surface area (Å²) in [7, 11) is 1.57. The van der Waals surface area contributed by atoms with Crippen molar-refractivity contribution < 1.29 is 9.84 Å². The summed E-state index contributed by atoms with van der Waals surface area (Å²) in [6, 6.07) is 13.7. The molecule has 4 heteroatoms. The zero-order valence-electron chi connectivity index (χ0n) is 11.2. The van der Waals surface area contributed by atoms with E-state index in [0.717, 1.165) is 29.8 Å². The average molecular weight is 290 g/mol. The SMILES string of the molecule is COc1cc2c(cc1O)C(c1ccccc1)=NCC2.Cl. The van der Waals surface area contributed by atoms with Crippen LogP contribution in [0.2, 0.25) is 0 Å². The number of phenolic OH excluding ortho intramolecular Hbond substituents is 1. The van der Waals surface area contributed by atoms with Gasteiger partial charge in [-0.05, 0) is 24.1 Å². The number of hydrogen-bond donors (Lipinski definition) is 1. The number of halogens is 1. The average Bonchev–Trinajstić information content (AvgIpc) is 2.47. The van der Waals surface area contributed by atoms with Crippen molar-refractivity contribution in [1.29, 1.82) is 0 Å². The molecule has 3 rings (SSSR count). The molecule has 104 valence electrons. The highest BCUT2D eigenvalue weighted by Gasteiger charge is 2.18. The first-order chi connectivity index (χ1) is 9.29. The first kappa shape index (κ1) is 14.4. The van der Waals surface area contributed by atoms with Gasteiger partial charge in [0.15, 0.2) is 11.5 Å². The second kappa shape index (κ2) is 5.97. The third-order valence-corrected chi connectivity index (χ3v) is 3.36. The number of benzene rings is 2.